The Balaban J connectivity index is 1.24. The Hall–Kier alpha value is -1.30. The highest BCUT2D eigenvalue weighted by atomic mass is 16.6. The second-order valence-electron chi connectivity index (χ2n) is 9.46. The predicted octanol–water partition coefficient (Wildman–Crippen LogP) is 2.43. The van der Waals surface area contributed by atoms with Crippen LogP contribution in [0.4, 0.5) is 4.79 Å². The van der Waals surface area contributed by atoms with Gasteiger partial charge in [0.1, 0.15) is 0 Å². The Morgan fingerprint density at radius 3 is 2.41 bits per heavy atom. The Morgan fingerprint density at radius 2 is 1.85 bits per heavy atom. The Kier molecular flexibility index (Phi) is 4.90. The normalized spacial score (nSPS) is 37.4. The van der Waals surface area contributed by atoms with Crippen LogP contribution < -0.4 is 0 Å². The standard InChI is InChI=1S/C21H35N3O3/c1-5-24(14(3)4)19(25)18-16-11-23(12-17(16)18)15-9-21(10-15)7-8-22(13-21)20(26)27-6-2/h14-18H,5-13H2,1-4H3/t15?,16-,17+,18?,21?. The minimum atomic E-state index is -0.146. The van der Waals surface area contributed by atoms with E-state index in [1.807, 2.05) is 16.7 Å². The van der Waals surface area contributed by atoms with Crippen LogP contribution in [0.5, 0.6) is 0 Å². The molecule has 2 saturated heterocycles. The molecule has 6 nitrogen and oxygen atoms in total. The summed E-state index contributed by atoms with van der Waals surface area (Å²) >= 11 is 0. The highest BCUT2D eigenvalue weighted by Crippen LogP contribution is 2.57. The molecule has 1 unspecified atom stereocenters. The van der Waals surface area contributed by atoms with Crippen molar-refractivity contribution >= 4 is 12.0 Å². The number of nitrogens with zero attached hydrogens (tertiary/aromatic N) is 3. The van der Waals surface area contributed by atoms with Crippen molar-refractivity contribution < 1.29 is 14.3 Å². The van der Waals surface area contributed by atoms with E-state index in [9.17, 15) is 9.59 Å². The van der Waals surface area contributed by atoms with Crippen molar-refractivity contribution in [3.63, 3.8) is 0 Å². The number of fused-ring (bicyclic) bond motifs is 1. The highest BCUT2D eigenvalue weighted by molar-refractivity contribution is 5.83. The first-order valence-corrected chi connectivity index (χ1v) is 10.9. The molecule has 0 aromatic heterocycles. The smallest absolute Gasteiger partial charge is 0.409 e. The summed E-state index contributed by atoms with van der Waals surface area (Å²) in [5.41, 5.74) is 0.329. The number of hydrogen-bond acceptors (Lipinski definition) is 4. The Labute approximate surface area is 163 Å². The lowest BCUT2D eigenvalue weighted by Gasteiger charge is -2.49. The van der Waals surface area contributed by atoms with Crippen LogP contribution in [0.25, 0.3) is 0 Å². The van der Waals surface area contributed by atoms with E-state index < -0.39 is 0 Å². The van der Waals surface area contributed by atoms with Crippen molar-refractivity contribution in [1.82, 2.24) is 14.7 Å². The van der Waals surface area contributed by atoms with Gasteiger partial charge in [0.15, 0.2) is 0 Å². The largest absolute Gasteiger partial charge is 0.450 e. The minimum Gasteiger partial charge on any atom is -0.450 e. The van der Waals surface area contributed by atoms with Crippen molar-refractivity contribution in [2.75, 3.05) is 39.3 Å². The number of ether oxygens (including phenoxy) is 1. The number of likely N-dealkylation sites (tertiary alicyclic amines) is 2. The predicted molar refractivity (Wildman–Crippen MR) is 103 cm³/mol. The van der Waals surface area contributed by atoms with Gasteiger partial charge in [-0.1, -0.05) is 0 Å². The van der Waals surface area contributed by atoms with Gasteiger partial charge in [-0.2, -0.15) is 0 Å². The van der Waals surface area contributed by atoms with Crippen molar-refractivity contribution in [2.24, 2.45) is 23.2 Å². The molecule has 2 saturated carbocycles. The van der Waals surface area contributed by atoms with Crippen LogP contribution in [0.15, 0.2) is 0 Å². The van der Waals surface area contributed by atoms with E-state index in [0.717, 1.165) is 39.1 Å². The zero-order valence-electron chi connectivity index (χ0n) is 17.3. The van der Waals surface area contributed by atoms with E-state index in [4.69, 9.17) is 4.74 Å². The molecule has 2 aliphatic heterocycles. The van der Waals surface area contributed by atoms with Crippen LogP contribution in [0.2, 0.25) is 0 Å². The molecule has 2 aliphatic carbocycles. The van der Waals surface area contributed by atoms with E-state index in [1.165, 1.54) is 12.8 Å². The lowest BCUT2D eigenvalue weighted by atomic mass is 9.64. The first-order chi connectivity index (χ1) is 12.9. The molecule has 4 rings (SSSR count). The van der Waals surface area contributed by atoms with Gasteiger partial charge >= 0.3 is 6.09 Å². The molecule has 0 radical (unpaired) electrons. The number of carbonyl (C=O) groups excluding carboxylic acids is 2. The first kappa shape index (κ1) is 19.0. The van der Waals surface area contributed by atoms with Gasteiger partial charge in [-0.3, -0.25) is 9.69 Å². The molecule has 27 heavy (non-hydrogen) atoms. The maximum Gasteiger partial charge on any atom is 0.409 e. The summed E-state index contributed by atoms with van der Waals surface area (Å²) in [4.78, 5) is 31.3. The summed E-state index contributed by atoms with van der Waals surface area (Å²) < 4.78 is 5.15. The Morgan fingerprint density at radius 1 is 1.19 bits per heavy atom. The molecule has 0 N–H and O–H groups in total. The summed E-state index contributed by atoms with van der Waals surface area (Å²) in [6.45, 7) is 13.3. The topological polar surface area (TPSA) is 53.1 Å². The molecule has 3 atom stereocenters. The third-order valence-corrected chi connectivity index (χ3v) is 7.57. The summed E-state index contributed by atoms with van der Waals surface area (Å²) in [6.07, 6.45) is 3.37. The van der Waals surface area contributed by atoms with Gasteiger partial charge in [-0.15, -0.1) is 0 Å². The number of piperidine rings is 1. The zero-order valence-corrected chi connectivity index (χ0v) is 17.3. The van der Waals surface area contributed by atoms with Gasteiger partial charge in [0, 0.05) is 50.7 Å². The van der Waals surface area contributed by atoms with Gasteiger partial charge in [0.25, 0.3) is 0 Å². The fourth-order valence-electron chi connectivity index (χ4n) is 6.03. The second-order valence-corrected chi connectivity index (χ2v) is 9.46. The van der Waals surface area contributed by atoms with Crippen molar-refractivity contribution in [2.45, 2.75) is 59.0 Å². The lowest BCUT2D eigenvalue weighted by Crippen LogP contribution is -2.52. The van der Waals surface area contributed by atoms with E-state index in [-0.39, 0.29) is 12.0 Å². The molecular weight excluding hydrogens is 342 g/mol. The van der Waals surface area contributed by atoms with Crippen molar-refractivity contribution in [1.29, 1.82) is 0 Å². The molecule has 4 fully saturated rings. The summed E-state index contributed by atoms with van der Waals surface area (Å²) in [6, 6.07) is 0.958. The third-order valence-electron chi connectivity index (χ3n) is 7.57. The second kappa shape index (κ2) is 6.94. The maximum absolute atomic E-state index is 12.8. The number of hydrogen-bond donors (Lipinski definition) is 0. The fraction of sp³-hybridized carbons (Fsp3) is 0.905. The van der Waals surface area contributed by atoms with Crippen molar-refractivity contribution in [3.8, 4) is 0 Å². The van der Waals surface area contributed by atoms with Crippen molar-refractivity contribution in [3.05, 3.63) is 0 Å². The quantitative estimate of drug-likeness (QED) is 0.738. The van der Waals surface area contributed by atoms with Gasteiger partial charge in [-0.05, 0) is 64.2 Å². The number of rotatable bonds is 5. The molecule has 1 spiro atoms. The van der Waals surface area contributed by atoms with Gasteiger partial charge in [-0.25, -0.2) is 4.79 Å². The third kappa shape index (κ3) is 3.24. The van der Waals surface area contributed by atoms with Gasteiger partial charge in [0.2, 0.25) is 5.91 Å². The summed E-state index contributed by atoms with van der Waals surface area (Å²) in [5.74, 6) is 1.83. The van der Waals surface area contributed by atoms with Crippen LogP contribution in [-0.2, 0) is 9.53 Å². The minimum absolute atomic E-state index is 0.146. The molecule has 152 valence electrons. The molecule has 0 aromatic rings. The Bertz CT molecular complexity index is 589. The van der Waals surface area contributed by atoms with E-state index >= 15 is 0 Å². The average Bonchev–Trinajstić information content (AvgIpc) is 2.97. The van der Waals surface area contributed by atoms with E-state index in [2.05, 4.69) is 25.7 Å². The van der Waals surface area contributed by atoms with Crippen LogP contribution in [0, 0.1) is 23.2 Å². The first-order valence-electron chi connectivity index (χ1n) is 10.9. The maximum atomic E-state index is 12.8. The highest BCUT2D eigenvalue weighted by Gasteiger charge is 2.62. The van der Waals surface area contributed by atoms with E-state index in [1.54, 1.807) is 0 Å². The summed E-state index contributed by atoms with van der Waals surface area (Å²) in [5, 5.41) is 0. The molecule has 6 heteroatoms. The van der Waals surface area contributed by atoms with Crippen LogP contribution in [-0.4, -0.2) is 78.1 Å². The number of carbonyl (C=O) groups is 2. The SMILES string of the molecule is CCOC(=O)N1CCC2(CC(N3C[C@@H]4C(C(=O)N(CC)C(C)C)[C@@H]4C3)C2)C1. The molecule has 0 bridgehead atoms. The zero-order chi connectivity index (χ0) is 19.3. The average molecular weight is 378 g/mol. The lowest BCUT2D eigenvalue weighted by molar-refractivity contribution is -0.135. The monoisotopic (exact) mass is 377 g/mol. The van der Waals surface area contributed by atoms with Crippen LogP contribution in [0.1, 0.15) is 47.0 Å². The molecule has 2 heterocycles. The van der Waals surface area contributed by atoms with Crippen LogP contribution >= 0.6 is 0 Å². The molecule has 0 aromatic carbocycles. The fourth-order valence-corrected chi connectivity index (χ4v) is 6.03. The van der Waals surface area contributed by atoms with Gasteiger partial charge in [0.05, 0.1) is 6.61 Å². The molecular formula is C21H35N3O3. The number of amides is 2. The van der Waals surface area contributed by atoms with E-state index in [0.29, 0.717) is 41.8 Å². The molecule has 4 aliphatic rings. The molecule has 2 amide bonds. The van der Waals surface area contributed by atoms with Gasteiger partial charge < -0.3 is 14.5 Å². The summed E-state index contributed by atoms with van der Waals surface area (Å²) in [7, 11) is 0. The van der Waals surface area contributed by atoms with Crippen LogP contribution in [0.3, 0.4) is 0 Å².